The van der Waals surface area contributed by atoms with Gasteiger partial charge in [0.2, 0.25) is 0 Å². The Morgan fingerprint density at radius 1 is 1.23 bits per heavy atom. The number of amides is 1. The second-order valence-electron chi connectivity index (χ2n) is 7.32. The maximum absolute atomic E-state index is 13.6. The van der Waals surface area contributed by atoms with Gasteiger partial charge in [-0.05, 0) is 31.0 Å². The topological polar surface area (TPSA) is 71.8 Å². The fourth-order valence-electron chi connectivity index (χ4n) is 3.88. The Balaban J connectivity index is 1.71. The molecule has 1 aromatic carbocycles. The van der Waals surface area contributed by atoms with E-state index in [4.69, 9.17) is 0 Å². The molecule has 0 fully saturated rings. The van der Waals surface area contributed by atoms with Crippen molar-refractivity contribution in [3.05, 3.63) is 64.4 Å². The van der Waals surface area contributed by atoms with E-state index in [1.165, 1.54) is 6.07 Å². The number of rotatable bonds is 4. The summed E-state index contributed by atoms with van der Waals surface area (Å²) in [4.78, 5) is 18.0. The highest BCUT2D eigenvalue weighted by molar-refractivity contribution is 7.21. The minimum Gasteiger partial charge on any atom is -0.360 e. The summed E-state index contributed by atoms with van der Waals surface area (Å²) in [6, 6.07) is 10.7. The molecular weight excluding hydrogens is 420 g/mol. The number of carbonyl (C=O) groups is 1. The molecule has 0 aliphatic carbocycles. The van der Waals surface area contributed by atoms with E-state index in [9.17, 15) is 13.6 Å². The van der Waals surface area contributed by atoms with Gasteiger partial charge in [-0.3, -0.25) is 9.48 Å². The third-order valence-electron chi connectivity index (χ3n) is 5.38. The molecule has 0 saturated heterocycles. The molecule has 31 heavy (non-hydrogen) atoms. The normalized spacial score (nSPS) is 15.8. The van der Waals surface area contributed by atoms with Crippen LogP contribution in [0.25, 0.3) is 21.3 Å². The summed E-state index contributed by atoms with van der Waals surface area (Å²) in [6.07, 6.45) is -1.28. The fraction of sp³-hybridized carbons (Fsp3) is 0.227. The summed E-state index contributed by atoms with van der Waals surface area (Å²) in [5.74, 6) is -0.261. The maximum atomic E-state index is 13.6. The van der Waals surface area contributed by atoms with Crippen LogP contribution in [0.2, 0.25) is 0 Å². The zero-order valence-electron chi connectivity index (χ0n) is 16.8. The van der Waals surface area contributed by atoms with Crippen LogP contribution in [0.3, 0.4) is 0 Å². The number of benzene rings is 1. The van der Waals surface area contributed by atoms with Crippen molar-refractivity contribution in [3.8, 4) is 11.1 Å². The number of pyridine rings is 1. The van der Waals surface area contributed by atoms with Gasteiger partial charge >= 0.3 is 0 Å². The Morgan fingerprint density at radius 2 is 2.00 bits per heavy atom. The number of aryl methyl sites for hydroxylation is 2. The summed E-state index contributed by atoms with van der Waals surface area (Å²) in [5, 5.41) is 11.5. The second-order valence-corrected chi connectivity index (χ2v) is 8.32. The lowest BCUT2D eigenvalue weighted by Gasteiger charge is -2.26. The summed E-state index contributed by atoms with van der Waals surface area (Å²) in [7, 11) is 0. The monoisotopic (exact) mass is 439 g/mol. The lowest BCUT2D eigenvalue weighted by Crippen LogP contribution is -2.37. The van der Waals surface area contributed by atoms with Gasteiger partial charge in [-0.15, -0.1) is 11.3 Å². The summed E-state index contributed by atoms with van der Waals surface area (Å²) < 4.78 is 28.9. The van der Waals surface area contributed by atoms with Gasteiger partial charge < -0.3 is 10.6 Å². The minimum absolute atomic E-state index is 0.261. The fourth-order valence-corrected chi connectivity index (χ4v) is 4.96. The molecule has 158 valence electrons. The quantitative estimate of drug-likeness (QED) is 0.454. The lowest BCUT2D eigenvalue weighted by atomic mass is 10.0. The standard InChI is InChI=1S/C22H19F2N5OS/c1-3-29-10-14(11(2)28-29)20-26-17-16-13(12-7-5-4-6-8-12)9-15(19(23)24)25-22(16)31-18(17)21(30)27-20/h4-10,19-20,26H,3H2,1-2H3,(H,27,30). The number of hydrogen-bond acceptors (Lipinski definition) is 5. The van der Waals surface area contributed by atoms with Crippen molar-refractivity contribution in [1.82, 2.24) is 20.1 Å². The van der Waals surface area contributed by atoms with Gasteiger partial charge in [0.05, 0.1) is 11.4 Å². The first-order chi connectivity index (χ1) is 15.0. The van der Waals surface area contributed by atoms with Crippen molar-refractivity contribution >= 4 is 33.1 Å². The average Bonchev–Trinajstić information content (AvgIpc) is 3.34. The molecule has 3 aromatic heterocycles. The number of fused-ring (bicyclic) bond motifs is 3. The Bertz CT molecular complexity index is 1300. The first kappa shape index (κ1) is 19.6. The Labute approximate surface area is 180 Å². The summed E-state index contributed by atoms with van der Waals surface area (Å²) >= 11 is 1.12. The third kappa shape index (κ3) is 3.25. The van der Waals surface area contributed by atoms with Crippen molar-refractivity contribution in [2.75, 3.05) is 5.32 Å². The van der Waals surface area contributed by atoms with Gasteiger partial charge in [-0.1, -0.05) is 30.3 Å². The van der Waals surface area contributed by atoms with Crippen LogP contribution in [-0.4, -0.2) is 20.7 Å². The number of halogens is 2. The minimum atomic E-state index is -2.71. The van der Waals surface area contributed by atoms with Gasteiger partial charge in [0, 0.05) is 23.7 Å². The Hall–Kier alpha value is -3.33. The molecule has 0 saturated carbocycles. The molecule has 0 radical (unpaired) electrons. The van der Waals surface area contributed by atoms with E-state index >= 15 is 0 Å². The van der Waals surface area contributed by atoms with Crippen LogP contribution >= 0.6 is 11.3 Å². The van der Waals surface area contributed by atoms with Crippen molar-refractivity contribution in [1.29, 1.82) is 0 Å². The van der Waals surface area contributed by atoms with E-state index in [-0.39, 0.29) is 11.6 Å². The highest BCUT2D eigenvalue weighted by Crippen LogP contribution is 2.45. The predicted molar refractivity (Wildman–Crippen MR) is 116 cm³/mol. The molecule has 6 nitrogen and oxygen atoms in total. The maximum Gasteiger partial charge on any atom is 0.280 e. The zero-order chi connectivity index (χ0) is 21.7. The molecule has 1 atom stereocenters. The highest BCUT2D eigenvalue weighted by atomic mass is 32.1. The number of aromatic nitrogens is 3. The summed E-state index contributed by atoms with van der Waals surface area (Å²) in [6.45, 7) is 4.60. The molecule has 0 spiro atoms. The SMILES string of the molecule is CCn1cc(C2NC(=O)c3sc4nc(C(F)F)cc(-c5ccccc5)c4c3N2)c(C)n1. The highest BCUT2D eigenvalue weighted by Gasteiger charge is 2.32. The molecule has 1 aliphatic rings. The average molecular weight is 439 g/mol. The van der Waals surface area contributed by atoms with Gasteiger partial charge in [-0.25, -0.2) is 13.8 Å². The smallest absolute Gasteiger partial charge is 0.280 e. The number of hydrogen-bond donors (Lipinski definition) is 2. The molecule has 9 heteroatoms. The van der Waals surface area contributed by atoms with Gasteiger partial charge in [0.1, 0.15) is 21.6 Å². The van der Waals surface area contributed by atoms with E-state index in [1.54, 1.807) is 0 Å². The van der Waals surface area contributed by atoms with Crippen LogP contribution in [0.15, 0.2) is 42.6 Å². The number of thiophene rings is 1. The van der Waals surface area contributed by atoms with Crippen LogP contribution < -0.4 is 10.6 Å². The molecular formula is C22H19F2N5OS. The van der Waals surface area contributed by atoms with Crippen molar-refractivity contribution in [2.24, 2.45) is 0 Å². The number of alkyl halides is 2. The number of nitrogens with one attached hydrogen (secondary N) is 2. The first-order valence-corrected chi connectivity index (χ1v) is 10.7. The predicted octanol–water partition coefficient (Wildman–Crippen LogP) is 5.28. The Morgan fingerprint density at radius 3 is 2.68 bits per heavy atom. The molecule has 4 heterocycles. The molecule has 2 N–H and O–H groups in total. The zero-order valence-corrected chi connectivity index (χ0v) is 17.6. The molecule has 1 aliphatic heterocycles. The van der Waals surface area contributed by atoms with Crippen LogP contribution in [0.5, 0.6) is 0 Å². The van der Waals surface area contributed by atoms with E-state index in [0.29, 0.717) is 32.9 Å². The number of nitrogens with zero attached hydrogens (tertiary/aromatic N) is 3. The molecule has 0 bridgehead atoms. The molecule has 1 amide bonds. The van der Waals surface area contributed by atoms with Crippen LogP contribution in [0, 0.1) is 6.92 Å². The molecule has 1 unspecified atom stereocenters. The first-order valence-electron chi connectivity index (χ1n) is 9.88. The van der Waals surface area contributed by atoms with Gasteiger partial charge in [0.25, 0.3) is 12.3 Å². The second kappa shape index (κ2) is 7.42. The molecule has 4 aromatic rings. The lowest BCUT2D eigenvalue weighted by molar-refractivity contribution is 0.0940. The van der Waals surface area contributed by atoms with E-state index < -0.39 is 12.6 Å². The van der Waals surface area contributed by atoms with E-state index in [2.05, 4.69) is 20.7 Å². The van der Waals surface area contributed by atoms with Crippen molar-refractivity contribution in [2.45, 2.75) is 33.0 Å². The summed E-state index contributed by atoms with van der Waals surface area (Å²) in [5.41, 5.74) is 3.39. The number of carbonyl (C=O) groups excluding carboxylic acids is 1. The van der Waals surface area contributed by atoms with Gasteiger partial charge in [0.15, 0.2) is 0 Å². The molecule has 5 rings (SSSR count). The van der Waals surface area contributed by atoms with Crippen LogP contribution in [0.1, 0.15) is 46.1 Å². The Kier molecular flexibility index (Phi) is 4.70. The van der Waals surface area contributed by atoms with Crippen molar-refractivity contribution in [3.63, 3.8) is 0 Å². The van der Waals surface area contributed by atoms with Crippen LogP contribution in [0.4, 0.5) is 14.5 Å². The van der Waals surface area contributed by atoms with E-state index in [0.717, 1.165) is 28.2 Å². The third-order valence-corrected chi connectivity index (χ3v) is 6.46. The van der Waals surface area contributed by atoms with Crippen LogP contribution in [-0.2, 0) is 6.54 Å². The van der Waals surface area contributed by atoms with Gasteiger partial charge in [-0.2, -0.15) is 5.10 Å². The largest absolute Gasteiger partial charge is 0.360 e. The van der Waals surface area contributed by atoms with Crippen molar-refractivity contribution < 1.29 is 13.6 Å². The number of anilines is 1. The van der Waals surface area contributed by atoms with E-state index in [1.807, 2.05) is 55.1 Å².